The van der Waals surface area contributed by atoms with Crippen LogP contribution in [0.3, 0.4) is 0 Å². The van der Waals surface area contributed by atoms with Gasteiger partial charge in [-0.3, -0.25) is 9.59 Å². The predicted octanol–water partition coefficient (Wildman–Crippen LogP) is 2.22. The van der Waals surface area contributed by atoms with E-state index in [1.807, 2.05) is 0 Å². The number of ether oxygens (including phenoxy) is 3. The van der Waals surface area contributed by atoms with Gasteiger partial charge in [-0.2, -0.15) is 0 Å². The quantitative estimate of drug-likeness (QED) is 0.752. The Morgan fingerprint density at radius 1 is 1.30 bits per heavy atom. The van der Waals surface area contributed by atoms with Crippen LogP contribution in [-0.2, 0) is 9.53 Å². The van der Waals surface area contributed by atoms with Crippen LogP contribution in [-0.4, -0.2) is 42.8 Å². The standard InChI is InChI=1S/C17H21NO5/c1-3-21-17(20)11(2)9-18(13-5-6-13)16(19)12-4-7-14-15(8-12)23-10-22-14/h4,7-8,11,13H,3,5-6,9-10H2,1-2H3. The van der Waals surface area contributed by atoms with E-state index in [0.29, 0.717) is 30.2 Å². The van der Waals surface area contributed by atoms with E-state index in [2.05, 4.69) is 0 Å². The molecule has 1 aliphatic carbocycles. The fraction of sp³-hybridized carbons (Fsp3) is 0.529. The van der Waals surface area contributed by atoms with Gasteiger partial charge in [-0.15, -0.1) is 0 Å². The normalized spacial score (nSPS) is 16.8. The van der Waals surface area contributed by atoms with Crippen molar-refractivity contribution >= 4 is 11.9 Å². The Morgan fingerprint density at radius 2 is 2.04 bits per heavy atom. The number of hydrogen-bond donors (Lipinski definition) is 0. The van der Waals surface area contributed by atoms with Gasteiger partial charge in [-0.25, -0.2) is 0 Å². The Labute approximate surface area is 135 Å². The summed E-state index contributed by atoms with van der Waals surface area (Å²) in [6.07, 6.45) is 1.96. The summed E-state index contributed by atoms with van der Waals surface area (Å²) in [5, 5.41) is 0. The highest BCUT2D eigenvalue weighted by Gasteiger charge is 2.35. The molecule has 1 aromatic carbocycles. The lowest BCUT2D eigenvalue weighted by atomic mass is 10.1. The van der Waals surface area contributed by atoms with Crippen molar-refractivity contribution in [3.8, 4) is 11.5 Å². The highest BCUT2D eigenvalue weighted by molar-refractivity contribution is 5.95. The van der Waals surface area contributed by atoms with Gasteiger partial charge in [-0.1, -0.05) is 6.92 Å². The van der Waals surface area contributed by atoms with Gasteiger partial charge in [0, 0.05) is 18.2 Å². The molecule has 3 rings (SSSR count). The van der Waals surface area contributed by atoms with Gasteiger partial charge in [0.1, 0.15) is 0 Å². The first kappa shape index (κ1) is 15.6. The number of hydrogen-bond acceptors (Lipinski definition) is 5. The van der Waals surface area contributed by atoms with Crippen LogP contribution in [0.25, 0.3) is 0 Å². The van der Waals surface area contributed by atoms with Crippen LogP contribution >= 0.6 is 0 Å². The minimum absolute atomic E-state index is 0.0815. The molecule has 0 N–H and O–H groups in total. The third kappa shape index (κ3) is 3.41. The van der Waals surface area contributed by atoms with Gasteiger partial charge in [0.05, 0.1) is 12.5 Å². The molecule has 0 aromatic heterocycles. The largest absolute Gasteiger partial charge is 0.466 e. The molecule has 2 aliphatic rings. The second-order valence-corrected chi connectivity index (χ2v) is 5.91. The van der Waals surface area contributed by atoms with Gasteiger partial charge in [0.15, 0.2) is 11.5 Å². The van der Waals surface area contributed by atoms with Crippen molar-refractivity contribution < 1.29 is 23.8 Å². The summed E-state index contributed by atoms with van der Waals surface area (Å²) in [7, 11) is 0. The molecule has 1 heterocycles. The molecule has 23 heavy (non-hydrogen) atoms. The summed E-state index contributed by atoms with van der Waals surface area (Å²) in [5.41, 5.74) is 0.553. The van der Waals surface area contributed by atoms with Crippen LogP contribution in [0.1, 0.15) is 37.0 Å². The monoisotopic (exact) mass is 319 g/mol. The van der Waals surface area contributed by atoms with Crippen LogP contribution in [0.15, 0.2) is 18.2 Å². The molecule has 0 radical (unpaired) electrons. The third-order valence-corrected chi connectivity index (χ3v) is 4.03. The van der Waals surface area contributed by atoms with Crippen LogP contribution in [0.2, 0.25) is 0 Å². The maximum Gasteiger partial charge on any atom is 0.310 e. The molecule has 1 saturated carbocycles. The summed E-state index contributed by atoms with van der Waals surface area (Å²) >= 11 is 0. The van der Waals surface area contributed by atoms with Gasteiger partial charge >= 0.3 is 5.97 Å². The first-order chi connectivity index (χ1) is 11.1. The van der Waals surface area contributed by atoms with E-state index in [1.165, 1.54) is 0 Å². The number of carbonyl (C=O) groups excluding carboxylic acids is 2. The molecular formula is C17H21NO5. The SMILES string of the molecule is CCOC(=O)C(C)CN(C(=O)c1ccc2c(c1)OCO2)C1CC1. The fourth-order valence-corrected chi connectivity index (χ4v) is 2.63. The zero-order valence-electron chi connectivity index (χ0n) is 13.4. The Balaban J connectivity index is 1.73. The zero-order chi connectivity index (χ0) is 16.4. The first-order valence-electron chi connectivity index (χ1n) is 7.97. The van der Waals surface area contributed by atoms with E-state index in [-0.39, 0.29) is 30.6 Å². The molecule has 1 atom stereocenters. The number of amides is 1. The van der Waals surface area contributed by atoms with Crippen molar-refractivity contribution in [2.75, 3.05) is 19.9 Å². The summed E-state index contributed by atoms with van der Waals surface area (Å²) in [6, 6.07) is 5.40. The average Bonchev–Trinajstić information content (AvgIpc) is 3.28. The number of fused-ring (bicyclic) bond motifs is 1. The summed E-state index contributed by atoms with van der Waals surface area (Å²) in [6.45, 7) is 4.47. The van der Waals surface area contributed by atoms with Crippen molar-refractivity contribution in [3.63, 3.8) is 0 Å². The Bertz CT molecular complexity index is 611. The van der Waals surface area contributed by atoms with Crippen molar-refractivity contribution in [3.05, 3.63) is 23.8 Å². The van der Waals surface area contributed by atoms with E-state index in [1.54, 1.807) is 36.9 Å². The minimum Gasteiger partial charge on any atom is -0.466 e. The number of rotatable bonds is 6. The first-order valence-corrected chi connectivity index (χ1v) is 7.97. The van der Waals surface area contributed by atoms with Crippen molar-refractivity contribution in [1.82, 2.24) is 4.90 Å². The number of nitrogens with zero attached hydrogens (tertiary/aromatic N) is 1. The minimum atomic E-state index is -0.339. The van der Waals surface area contributed by atoms with Crippen LogP contribution in [0, 0.1) is 5.92 Å². The van der Waals surface area contributed by atoms with Crippen LogP contribution < -0.4 is 9.47 Å². The Morgan fingerprint density at radius 3 is 2.74 bits per heavy atom. The molecule has 1 aromatic rings. The molecule has 1 amide bonds. The molecule has 0 spiro atoms. The van der Waals surface area contributed by atoms with E-state index >= 15 is 0 Å². The predicted molar refractivity (Wildman–Crippen MR) is 82.4 cm³/mol. The highest BCUT2D eigenvalue weighted by atomic mass is 16.7. The maximum atomic E-state index is 12.8. The lowest BCUT2D eigenvalue weighted by Gasteiger charge is -2.25. The lowest BCUT2D eigenvalue weighted by molar-refractivity contribution is -0.147. The van der Waals surface area contributed by atoms with E-state index in [0.717, 1.165) is 12.8 Å². The van der Waals surface area contributed by atoms with Crippen molar-refractivity contribution in [2.24, 2.45) is 5.92 Å². The molecule has 6 heteroatoms. The maximum absolute atomic E-state index is 12.8. The summed E-state index contributed by atoms with van der Waals surface area (Å²) < 4.78 is 15.6. The number of carbonyl (C=O) groups is 2. The van der Waals surface area contributed by atoms with Crippen LogP contribution in [0.4, 0.5) is 0 Å². The lowest BCUT2D eigenvalue weighted by Crippen LogP contribution is -2.39. The van der Waals surface area contributed by atoms with E-state index < -0.39 is 0 Å². The number of esters is 1. The Kier molecular flexibility index (Phi) is 4.41. The summed E-state index contributed by atoms with van der Waals surface area (Å²) in [4.78, 5) is 26.4. The second-order valence-electron chi connectivity index (χ2n) is 5.91. The fourth-order valence-electron chi connectivity index (χ4n) is 2.63. The van der Waals surface area contributed by atoms with Gasteiger partial charge in [0.25, 0.3) is 5.91 Å². The Hall–Kier alpha value is -2.24. The van der Waals surface area contributed by atoms with Gasteiger partial charge in [0.2, 0.25) is 6.79 Å². The molecule has 0 bridgehead atoms. The molecule has 0 saturated heterocycles. The zero-order valence-corrected chi connectivity index (χ0v) is 13.4. The molecule has 1 fully saturated rings. The third-order valence-electron chi connectivity index (χ3n) is 4.03. The van der Waals surface area contributed by atoms with Gasteiger partial charge in [-0.05, 0) is 38.0 Å². The van der Waals surface area contributed by atoms with E-state index in [9.17, 15) is 9.59 Å². The molecular weight excluding hydrogens is 298 g/mol. The molecule has 124 valence electrons. The van der Waals surface area contributed by atoms with E-state index in [4.69, 9.17) is 14.2 Å². The second kappa shape index (κ2) is 6.48. The van der Waals surface area contributed by atoms with Crippen molar-refractivity contribution in [1.29, 1.82) is 0 Å². The van der Waals surface area contributed by atoms with Crippen molar-refractivity contribution in [2.45, 2.75) is 32.7 Å². The highest BCUT2D eigenvalue weighted by Crippen LogP contribution is 2.34. The average molecular weight is 319 g/mol. The smallest absolute Gasteiger partial charge is 0.310 e. The van der Waals surface area contributed by atoms with Crippen LogP contribution in [0.5, 0.6) is 11.5 Å². The molecule has 6 nitrogen and oxygen atoms in total. The number of benzene rings is 1. The topological polar surface area (TPSA) is 65.1 Å². The summed E-state index contributed by atoms with van der Waals surface area (Å²) in [5.74, 6) is 0.552. The molecule has 1 aliphatic heterocycles. The van der Waals surface area contributed by atoms with Gasteiger partial charge < -0.3 is 19.1 Å². The molecule has 1 unspecified atom stereocenters.